The Balaban J connectivity index is 1.94. The summed E-state index contributed by atoms with van der Waals surface area (Å²) in [5, 5.41) is 0. The van der Waals surface area contributed by atoms with Gasteiger partial charge in [-0.3, -0.25) is 0 Å². The fourth-order valence-corrected chi connectivity index (χ4v) is 4.36. The van der Waals surface area contributed by atoms with E-state index in [1.54, 1.807) is 22.3 Å². The average Bonchev–Trinajstić information content (AvgIpc) is 2.67. The Bertz CT molecular complexity index is 601. The predicted molar refractivity (Wildman–Crippen MR) is 87.8 cm³/mol. The van der Waals surface area contributed by atoms with Gasteiger partial charge < -0.3 is 4.90 Å². The van der Waals surface area contributed by atoms with Crippen LogP contribution < -0.4 is 0 Å². The summed E-state index contributed by atoms with van der Waals surface area (Å²) in [4.78, 5) is 2.47. The van der Waals surface area contributed by atoms with Crippen molar-refractivity contribution in [2.45, 2.75) is 31.1 Å². The highest BCUT2D eigenvalue weighted by atomic mass is 15.1. The van der Waals surface area contributed by atoms with Crippen LogP contribution >= 0.6 is 0 Å². The van der Waals surface area contributed by atoms with Crippen LogP contribution in [0.5, 0.6) is 0 Å². The molecule has 1 aliphatic carbocycles. The Morgan fingerprint density at radius 2 is 1.24 bits per heavy atom. The van der Waals surface area contributed by atoms with Gasteiger partial charge in [0.05, 0.1) is 0 Å². The van der Waals surface area contributed by atoms with E-state index in [0.29, 0.717) is 0 Å². The molecule has 21 heavy (non-hydrogen) atoms. The zero-order valence-corrected chi connectivity index (χ0v) is 12.8. The summed E-state index contributed by atoms with van der Waals surface area (Å²) in [7, 11) is 2.25. The number of rotatable bonds is 0. The fourth-order valence-electron chi connectivity index (χ4n) is 4.36. The van der Waals surface area contributed by atoms with Gasteiger partial charge in [0.2, 0.25) is 0 Å². The zero-order valence-electron chi connectivity index (χ0n) is 12.8. The second-order valence-electron chi connectivity index (χ2n) is 6.70. The van der Waals surface area contributed by atoms with Crippen LogP contribution in [0.1, 0.15) is 35.1 Å². The standard InChI is InChI=1S/C20H23N/c1-21-14-12-20(13-15-21)18-8-4-2-6-16(18)10-11-17-7-3-5-9-19(17)20/h2-9H,10-15H2,1H3. The lowest BCUT2D eigenvalue weighted by molar-refractivity contribution is 0.212. The molecule has 4 rings (SSSR count). The van der Waals surface area contributed by atoms with Crippen molar-refractivity contribution in [2.24, 2.45) is 0 Å². The van der Waals surface area contributed by atoms with Gasteiger partial charge in [0, 0.05) is 5.41 Å². The van der Waals surface area contributed by atoms with E-state index in [1.807, 2.05) is 0 Å². The molecular weight excluding hydrogens is 254 g/mol. The highest BCUT2D eigenvalue weighted by Crippen LogP contribution is 2.46. The topological polar surface area (TPSA) is 3.24 Å². The summed E-state index contributed by atoms with van der Waals surface area (Å²) in [5.41, 5.74) is 6.58. The summed E-state index contributed by atoms with van der Waals surface area (Å²) in [5.74, 6) is 0. The van der Waals surface area contributed by atoms with Crippen LogP contribution in [0.4, 0.5) is 0 Å². The van der Waals surface area contributed by atoms with Crippen molar-refractivity contribution in [1.82, 2.24) is 4.90 Å². The van der Waals surface area contributed by atoms with Crippen molar-refractivity contribution < 1.29 is 0 Å². The largest absolute Gasteiger partial charge is 0.306 e. The molecule has 108 valence electrons. The third kappa shape index (κ3) is 2.03. The Morgan fingerprint density at radius 3 is 1.76 bits per heavy atom. The number of nitrogens with zero attached hydrogens (tertiary/aromatic N) is 1. The van der Waals surface area contributed by atoms with Gasteiger partial charge in [-0.15, -0.1) is 0 Å². The van der Waals surface area contributed by atoms with E-state index >= 15 is 0 Å². The molecule has 0 N–H and O–H groups in total. The van der Waals surface area contributed by atoms with Gasteiger partial charge >= 0.3 is 0 Å². The Labute approximate surface area is 127 Å². The smallest absolute Gasteiger partial charge is 0.0232 e. The zero-order chi connectivity index (χ0) is 14.3. The molecule has 2 aromatic rings. The SMILES string of the molecule is CN1CCC2(CC1)c1ccccc1CCc1ccccc12. The maximum absolute atomic E-state index is 2.47. The molecule has 0 bridgehead atoms. The first kappa shape index (κ1) is 13.1. The van der Waals surface area contributed by atoms with E-state index in [4.69, 9.17) is 0 Å². The fraction of sp³-hybridized carbons (Fsp3) is 0.400. The Morgan fingerprint density at radius 1 is 0.762 bits per heavy atom. The first-order valence-electron chi connectivity index (χ1n) is 8.15. The Kier molecular flexibility index (Phi) is 3.11. The highest BCUT2D eigenvalue weighted by Gasteiger charge is 2.40. The van der Waals surface area contributed by atoms with Crippen LogP contribution in [0.15, 0.2) is 48.5 Å². The number of piperidine rings is 1. The van der Waals surface area contributed by atoms with Gasteiger partial charge in [0.15, 0.2) is 0 Å². The minimum absolute atomic E-state index is 0.246. The van der Waals surface area contributed by atoms with Gasteiger partial charge in [-0.1, -0.05) is 48.5 Å². The van der Waals surface area contributed by atoms with Gasteiger partial charge in [-0.25, -0.2) is 0 Å². The lowest BCUT2D eigenvalue weighted by Gasteiger charge is -2.42. The summed E-state index contributed by atoms with van der Waals surface area (Å²) >= 11 is 0. The molecule has 2 aromatic carbocycles. The third-order valence-electron chi connectivity index (χ3n) is 5.57. The van der Waals surface area contributed by atoms with Crippen molar-refractivity contribution in [2.75, 3.05) is 20.1 Å². The second-order valence-corrected chi connectivity index (χ2v) is 6.70. The number of hydrogen-bond donors (Lipinski definition) is 0. The number of aryl methyl sites for hydroxylation is 2. The van der Waals surface area contributed by atoms with E-state index in [-0.39, 0.29) is 5.41 Å². The number of benzene rings is 2. The van der Waals surface area contributed by atoms with Crippen molar-refractivity contribution in [3.05, 3.63) is 70.8 Å². The van der Waals surface area contributed by atoms with Crippen molar-refractivity contribution in [3.63, 3.8) is 0 Å². The molecule has 2 aliphatic rings. The van der Waals surface area contributed by atoms with Crippen LogP contribution in [0.2, 0.25) is 0 Å². The number of likely N-dealkylation sites (tertiary alicyclic amines) is 1. The minimum atomic E-state index is 0.246. The van der Waals surface area contributed by atoms with Gasteiger partial charge in [0.1, 0.15) is 0 Å². The molecule has 1 nitrogen and oxygen atoms in total. The molecular formula is C20H23N. The normalized spacial score (nSPS) is 20.6. The molecule has 0 unspecified atom stereocenters. The van der Waals surface area contributed by atoms with Crippen LogP contribution in [0.25, 0.3) is 0 Å². The monoisotopic (exact) mass is 277 g/mol. The van der Waals surface area contributed by atoms with Crippen molar-refractivity contribution >= 4 is 0 Å². The molecule has 1 heteroatoms. The number of fused-ring (bicyclic) bond motifs is 4. The van der Waals surface area contributed by atoms with Gasteiger partial charge in [0.25, 0.3) is 0 Å². The second kappa shape index (κ2) is 4.99. The van der Waals surface area contributed by atoms with E-state index < -0.39 is 0 Å². The van der Waals surface area contributed by atoms with Crippen molar-refractivity contribution in [3.8, 4) is 0 Å². The van der Waals surface area contributed by atoms with E-state index in [0.717, 1.165) is 0 Å². The predicted octanol–water partition coefficient (Wildman–Crippen LogP) is 3.80. The molecule has 1 heterocycles. The van der Waals surface area contributed by atoms with E-state index in [2.05, 4.69) is 60.5 Å². The van der Waals surface area contributed by atoms with Gasteiger partial charge in [-0.2, -0.15) is 0 Å². The minimum Gasteiger partial charge on any atom is -0.306 e. The van der Waals surface area contributed by atoms with Crippen molar-refractivity contribution in [1.29, 1.82) is 0 Å². The molecule has 0 atom stereocenters. The maximum atomic E-state index is 2.47. The molecule has 0 amide bonds. The third-order valence-corrected chi connectivity index (χ3v) is 5.57. The molecule has 1 saturated heterocycles. The first-order chi connectivity index (χ1) is 10.3. The molecule has 0 aromatic heterocycles. The first-order valence-corrected chi connectivity index (χ1v) is 8.15. The molecule has 1 fully saturated rings. The molecule has 0 radical (unpaired) electrons. The summed E-state index contributed by atoms with van der Waals surface area (Å²) in [6.07, 6.45) is 4.87. The van der Waals surface area contributed by atoms with Crippen LogP contribution in [-0.2, 0) is 18.3 Å². The quantitative estimate of drug-likeness (QED) is 0.708. The summed E-state index contributed by atoms with van der Waals surface area (Å²) < 4.78 is 0. The summed E-state index contributed by atoms with van der Waals surface area (Å²) in [6.45, 7) is 2.39. The van der Waals surface area contributed by atoms with Crippen LogP contribution in [-0.4, -0.2) is 25.0 Å². The highest BCUT2D eigenvalue weighted by molar-refractivity contribution is 5.50. The Hall–Kier alpha value is -1.60. The lowest BCUT2D eigenvalue weighted by atomic mass is 9.66. The summed E-state index contributed by atoms with van der Waals surface area (Å²) in [6, 6.07) is 18.3. The molecule has 1 spiro atoms. The maximum Gasteiger partial charge on any atom is 0.0232 e. The lowest BCUT2D eigenvalue weighted by Crippen LogP contribution is -2.42. The van der Waals surface area contributed by atoms with Gasteiger partial charge in [-0.05, 0) is 68.1 Å². The molecule has 0 saturated carbocycles. The van der Waals surface area contributed by atoms with Crippen LogP contribution in [0, 0.1) is 0 Å². The average molecular weight is 277 g/mol. The van der Waals surface area contributed by atoms with Crippen LogP contribution in [0.3, 0.4) is 0 Å². The molecule has 1 aliphatic heterocycles. The van der Waals surface area contributed by atoms with E-state index in [1.165, 1.54) is 38.8 Å². The van der Waals surface area contributed by atoms with E-state index in [9.17, 15) is 0 Å². The number of hydrogen-bond acceptors (Lipinski definition) is 1.